The normalized spacial score (nSPS) is 26.2. The topological polar surface area (TPSA) is 42.1 Å². The second-order valence-corrected chi connectivity index (χ2v) is 6.67. The van der Waals surface area contributed by atoms with Crippen molar-refractivity contribution >= 4 is 22.9 Å². The van der Waals surface area contributed by atoms with Gasteiger partial charge in [-0.25, -0.2) is 4.98 Å². The number of likely N-dealkylation sites (tertiary alicyclic amines) is 1. The molecule has 0 aliphatic carbocycles. The van der Waals surface area contributed by atoms with E-state index in [1.54, 1.807) is 17.5 Å². The summed E-state index contributed by atoms with van der Waals surface area (Å²) in [5, 5.41) is 1.14. The molecule has 0 aromatic carbocycles. The Morgan fingerprint density at radius 3 is 3.00 bits per heavy atom. The largest absolute Gasteiger partial charge is 0.330 e. The third kappa shape index (κ3) is 3.23. The number of nitrogens with two attached hydrogens (primary N) is 1. The van der Waals surface area contributed by atoms with E-state index in [2.05, 4.69) is 16.8 Å². The van der Waals surface area contributed by atoms with Crippen molar-refractivity contribution in [3.8, 4) is 0 Å². The van der Waals surface area contributed by atoms with E-state index in [4.69, 9.17) is 17.3 Å². The minimum Gasteiger partial charge on any atom is -0.330 e. The predicted molar refractivity (Wildman–Crippen MR) is 78.1 cm³/mol. The lowest BCUT2D eigenvalue weighted by atomic mass is 9.95. The van der Waals surface area contributed by atoms with E-state index < -0.39 is 0 Å². The van der Waals surface area contributed by atoms with Crippen LogP contribution in [0, 0.1) is 5.92 Å². The van der Waals surface area contributed by atoms with Crippen LogP contribution in [0.2, 0.25) is 4.34 Å². The van der Waals surface area contributed by atoms with Gasteiger partial charge in [-0.05, 0) is 44.8 Å². The first kappa shape index (κ1) is 14.3. The van der Waals surface area contributed by atoms with Gasteiger partial charge in [0.25, 0.3) is 0 Å². The van der Waals surface area contributed by atoms with Crippen LogP contribution in [0.5, 0.6) is 0 Å². The second-order valence-electron chi connectivity index (χ2n) is 4.97. The van der Waals surface area contributed by atoms with Gasteiger partial charge in [-0.15, -0.1) is 11.3 Å². The monoisotopic (exact) mass is 287 g/mol. The van der Waals surface area contributed by atoms with Crippen LogP contribution in [0.25, 0.3) is 0 Å². The Bertz CT molecular complexity index is 369. The zero-order valence-corrected chi connectivity index (χ0v) is 12.5. The molecule has 3 nitrogen and oxygen atoms in total. The summed E-state index contributed by atoms with van der Waals surface area (Å²) in [6, 6.07) is 0.370. The van der Waals surface area contributed by atoms with Crippen molar-refractivity contribution in [2.24, 2.45) is 11.7 Å². The maximum absolute atomic E-state index is 6.04. The van der Waals surface area contributed by atoms with Crippen LogP contribution in [0.3, 0.4) is 0 Å². The van der Waals surface area contributed by atoms with Crippen LogP contribution in [-0.4, -0.2) is 29.5 Å². The van der Waals surface area contributed by atoms with Gasteiger partial charge in [0, 0.05) is 0 Å². The van der Waals surface area contributed by atoms with Crippen molar-refractivity contribution in [1.29, 1.82) is 0 Å². The summed E-state index contributed by atoms with van der Waals surface area (Å²) < 4.78 is 0.779. The fraction of sp³-hybridized carbons (Fsp3) is 0.769. The molecule has 1 fully saturated rings. The number of halogens is 1. The summed E-state index contributed by atoms with van der Waals surface area (Å²) in [6.07, 6.45) is 6.69. The molecule has 1 saturated heterocycles. The molecule has 0 saturated carbocycles. The number of thiazole rings is 1. The van der Waals surface area contributed by atoms with E-state index in [1.807, 2.05) is 0 Å². The highest BCUT2D eigenvalue weighted by Gasteiger charge is 2.31. The summed E-state index contributed by atoms with van der Waals surface area (Å²) in [4.78, 5) is 7.06. The first-order valence-electron chi connectivity index (χ1n) is 6.81. The maximum atomic E-state index is 6.04. The third-order valence-electron chi connectivity index (χ3n) is 3.67. The van der Waals surface area contributed by atoms with Crippen LogP contribution in [0.15, 0.2) is 6.20 Å². The SMILES string of the molecule is CCCN1CCCCC(CN)C1c1ncc(Cl)s1. The Morgan fingerprint density at radius 1 is 1.56 bits per heavy atom. The van der Waals surface area contributed by atoms with E-state index in [1.165, 1.54) is 25.7 Å². The first-order chi connectivity index (χ1) is 8.76. The molecule has 2 rings (SSSR count). The third-order valence-corrected chi connectivity index (χ3v) is 4.86. The highest BCUT2D eigenvalue weighted by atomic mass is 35.5. The van der Waals surface area contributed by atoms with Crippen LogP contribution < -0.4 is 5.73 Å². The van der Waals surface area contributed by atoms with Gasteiger partial charge in [-0.2, -0.15) is 0 Å². The van der Waals surface area contributed by atoms with E-state index >= 15 is 0 Å². The summed E-state index contributed by atoms with van der Waals surface area (Å²) in [7, 11) is 0. The first-order valence-corrected chi connectivity index (χ1v) is 8.01. The quantitative estimate of drug-likeness (QED) is 0.924. The lowest BCUT2D eigenvalue weighted by Gasteiger charge is -2.32. The van der Waals surface area contributed by atoms with Gasteiger partial charge in [0.15, 0.2) is 0 Å². The Labute approximate surface area is 118 Å². The molecule has 1 aromatic heterocycles. The fourth-order valence-electron chi connectivity index (χ4n) is 2.86. The minimum atomic E-state index is 0.370. The molecule has 2 atom stereocenters. The molecule has 2 heterocycles. The van der Waals surface area contributed by atoms with Crippen LogP contribution in [0.4, 0.5) is 0 Å². The van der Waals surface area contributed by atoms with Crippen molar-refractivity contribution < 1.29 is 0 Å². The van der Waals surface area contributed by atoms with Gasteiger partial charge in [0.05, 0.1) is 12.2 Å². The molecule has 1 aliphatic rings. The molecule has 0 radical (unpaired) electrons. The summed E-state index contributed by atoms with van der Waals surface area (Å²) >= 11 is 7.65. The summed E-state index contributed by atoms with van der Waals surface area (Å²) in [5.41, 5.74) is 5.98. The second kappa shape index (κ2) is 6.85. The molecule has 0 amide bonds. The number of rotatable bonds is 4. The number of hydrogen-bond acceptors (Lipinski definition) is 4. The molecule has 2 N–H and O–H groups in total. The van der Waals surface area contributed by atoms with Crippen LogP contribution in [-0.2, 0) is 0 Å². The minimum absolute atomic E-state index is 0.370. The molecule has 102 valence electrons. The molecule has 0 spiro atoms. The summed E-state index contributed by atoms with van der Waals surface area (Å²) in [6.45, 7) is 5.25. The maximum Gasteiger partial charge on any atom is 0.113 e. The van der Waals surface area contributed by atoms with Gasteiger partial charge >= 0.3 is 0 Å². The average molecular weight is 288 g/mol. The fourth-order valence-corrected chi connectivity index (χ4v) is 4.02. The Kier molecular flexibility index (Phi) is 5.42. The van der Waals surface area contributed by atoms with Gasteiger partial charge < -0.3 is 5.73 Å². The smallest absolute Gasteiger partial charge is 0.113 e. The van der Waals surface area contributed by atoms with Crippen molar-refractivity contribution in [3.63, 3.8) is 0 Å². The molecule has 2 unspecified atom stereocenters. The van der Waals surface area contributed by atoms with Crippen molar-refractivity contribution in [1.82, 2.24) is 9.88 Å². The van der Waals surface area contributed by atoms with E-state index in [-0.39, 0.29) is 0 Å². The lowest BCUT2D eigenvalue weighted by Crippen LogP contribution is -2.36. The predicted octanol–water partition coefficient (Wildman–Crippen LogP) is 3.31. The molecule has 5 heteroatoms. The number of aromatic nitrogens is 1. The van der Waals surface area contributed by atoms with Crippen LogP contribution >= 0.6 is 22.9 Å². The Balaban J connectivity index is 2.25. The average Bonchev–Trinajstić information content (AvgIpc) is 2.68. The summed E-state index contributed by atoms with van der Waals surface area (Å²) in [5.74, 6) is 0.515. The Morgan fingerprint density at radius 2 is 2.39 bits per heavy atom. The molecule has 18 heavy (non-hydrogen) atoms. The zero-order valence-electron chi connectivity index (χ0n) is 10.9. The lowest BCUT2D eigenvalue weighted by molar-refractivity contribution is 0.158. The van der Waals surface area contributed by atoms with Crippen molar-refractivity contribution in [2.75, 3.05) is 19.6 Å². The van der Waals surface area contributed by atoms with E-state index in [9.17, 15) is 0 Å². The molecule has 0 bridgehead atoms. The number of nitrogens with zero attached hydrogens (tertiary/aromatic N) is 2. The van der Waals surface area contributed by atoms with E-state index in [0.717, 1.165) is 29.0 Å². The van der Waals surface area contributed by atoms with E-state index in [0.29, 0.717) is 12.0 Å². The molecule has 1 aliphatic heterocycles. The van der Waals surface area contributed by atoms with Crippen LogP contribution in [0.1, 0.15) is 43.7 Å². The van der Waals surface area contributed by atoms with Gasteiger partial charge in [-0.3, -0.25) is 4.90 Å². The zero-order chi connectivity index (χ0) is 13.0. The van der Waals surface area contributed by atoms with Gasteiger partial charge in [0.2, 0.25) is 0 Å². The molecular weight excluding hydrogens is 266 g/mol. The highest BCUT2D eigenvalue weighted by Crippen LogP contribution is 2.37. The van der Waals surface area contributed by atoms with Crippen molar-refractivity contribution in [2.45, 2.75) is 38.6 Å². The highest BCUT2D eigenvalue weighted by molar-refractivity contribution is 7.15. The van der Waals surface area contributed by atoms with Gasteiger partial charge in [0.1, 0.15) is 9.34 Å². The molecule has 1 aromatic rings. The number of hydrogen-bond donors (Lipinski definition) is 1. The molecular formula is C13H22ClN3S. The van der Waals surface area contributed by atoms with Crippen molar-refractivity contribution in [3.05, 3.63) is 15.5 Å². The Hall–Kier alpha value is -0.160. The standard InChI is InChI=1S/C13H22ClN3S/c1-2-6-17-7-4-3-5-10(8-15)12(17)13-16-9-11(14)18-13/h9-10,12H,2-8,15H2,1H3. The van der Waals surface area contributed by atoms with Gasteiger partial charge in [-0.1, -0.05) is 24.9 Å².